The van der Waals surface area contributed by atoms with Crippen LogP contribution in [0.15, 0.2) is 53.3 Å². The smallest absolute Gasteiger partial charge is 0.231 e. The number of piperidine rings is 1. The predicted octanol–water partition coefficient (Wildman–Crippen LogP) is 4.80. The van der Waals surface area contributed by atoms with E-state index in [-0.39, 0.29) is 16.8 Å². The molecule has 0 bridgehead atoms. The van der Waals surface area contributed by atoms with E-state index in [1.165, 1.54) is 31.5 Å². The van der Waals surface area contributed by atoms with Gasteiger partial charge in [-0.2, -0.15) is 9.97 Å². The normalized spacial score (nSPS) is 14.0. The van der Waals surface area contributed by atoms with Crippen molar-refractivity contribution in [3.05, 3.63) is 65.5 Å². The second-order valence-corrected chi connectivity index (χ2v) is 8.74. The lowest BCUT2D eigenvalue weighted by Crippen LogP contribution is -2.34. The Morgan fingerprint density at radius 2 is 1.92 bits per heavy atom. The molecular weight excluding hydrogens is 487 g/mol. The van der Waals surface area contributed by atoms with Crippen molar-refractivity contribution in [1.82, 2.24) is 25.1 Å². The summed E-state index contributed by atoms with van der Waals surface area (Å²) >= 11 is 6.13. The molecule has 0 unspecified atom stereocenters. The van der Waals surface area contributed by atoms with Gasteiger partial charge in [-0.05, 0) is 49.2 Å². The second kappa shape index (κ2) is 10.2. The summed E-state index contributed by atoms with van der Waals surface area (Å²) in [4.78, 5) is 31.0. The zero-order valence-corrected chi connectivity index (χ0v) is 20.0. The Morgan fingerprint density at radius 3 is 2.69 bits per heavy atom. The van der Waals surface area contributed by atoms with Crippen molar-refractivity contribution < 1.29 is 13.7 Å². The number of hydrogen-bond donors (Lipinski definition) is 2. The Bertz CT molecular complexity index is 1390. The van der Waals surface area contributed by atoms with Gasteiger partial charge in [-0.1, -0.05) is 22.8 Å². The predicted molar refractivity (Wildman–Crippen MR) is 133 cm³/mol. The van der Waals surface area contributed by atoms with E-state index in [0.717, 1.165) is 18.5 Å². The number of carbonyl (C=O) groups is 1. The van der Waals surface area contributed by atoms with Crippen LogP contribution in [-0.2, 0) is 4.79 Å². The van der Waals surface area contributed by atoms with Gasteiger partial charge in [0, 0.05) is 42.9 Å². The highest BCUT2D eigenvalue weighted by Crippen LogP contribution is 2.32. The van der Waals surface area contributed by atoms with Gasteiger partial charge in [-0.3, -0.25) is 4.79 Å². The SMILES string of the molecule is CC(=O)Nc1cccc(Nc2ncnc(N3CCC(c4nc(-c5ccc(F)cc5Cl)no4)CC3)n2)c1. The number of halogens is 2. The number of hydrogen-bond acceptors (Lipinski definition) is 9. The van der Waals surface area contributed by atoms with Gasteiger partial charge in [0.1, 0.15) is 12.1 Å². The molecule has 10 nitrogen and oxygen atoms in total. The quantitative estimate of drug-likeness (QED) is 0.378. The van der Waals surface area contributed by atoms with Crippen molar-refractivity contribution in [1.29, 1.82) is 0 Å². The molecule has 0 saturated carbocycles. The summed E-state index contributed by atoms with van der Waals surface area (Å²) in [5, 5.41) is 10.2. The van der Waals surface area contributed by atoms with Crippen LogP contribution in [0.3, 0.4) is 0 Å². The van der Waals surface area contributed by atoms with Crippen LogP contribution in [0.5, 0.6) is 0 Å². The number of anilines is 4. The van der Waals surface area contributed by atoms with Crippen LogP contribution in [0.1, 0.15) is 31.6 Å². The van der Waals surface area contributed by atoms with E-state index in [1.807, 2.05) is 12.1 Å². The lowest BCUT2D eigenvalue weighted by molar-refractivity contribution is -0.114. The van der Waals surface area contributed by atoms with Gasteiger partial charge in [0.15, 0.2) is 0 Å². The molecule has 0 spiro atoms. The fourth-order valence-electron chi connectivity index (χ4n) is 4.01. The van der Waals surface area contributed by atoms with E-state index < -0.39 is 5.82 Å². The molecule has 3 heterocycles. The molecule has 2 aromatic carbocycles. The van der Waals surface area contributed by atoms with Crippen LogP contribution in [0.4, 0.5) is 27.7 Å². The molecule has 0 aliphatic carbocycles. The maximum atomic E-state index is 13.3. The first-order valence-corrected chi connectivity index (χ1v) is 11.7. The largest absolute Gasteiger partial charge is 0.341 e. The van der Waals surface area contributed by atoms with Gasteiger partial charge in [-0.15, -0.1) is 0 Å². The third-order valence-electron chi connectivity index (χ3n) is 5.74. The van der Waals surface area contributed by atoms with E-state index in [9.17, 15) is 9.18 Å². The van der Waals surface area contributed by atoms with Crippen LogP contribution in [0.25, 0.3) is 11.4 Å². The Kier molecular flexibility index (Phi) is 6.72. The second-order valence-electron chi connectivity index (χ2n) is 8.34. The molecule has 1 saturated heterocycles. The van der Waals surface area contributed by atoms with Gasteiger partial charge in [0.25, 0.3) is 0 Å². The minimum absolute atomic E-state index is 0.0812. The van der Waals surface area contributed by atoms with E-state index in [0.29, 0.717) is 48.0 Å². The fourth-order valence-corrected chi connectivity index (χ4v) is 4.27. The Hall–Kier alpha value is -4.12. The molecule has 1 aliphatic heterocycles. The molecule has 0 atom stereocenters. The van der Waals surface area contributed by atoms with Crippen LogP contribution in [0.2, 0.25) is 5.02 Å². The summed E-state index contributed by atoms with van der Waals surface area (Å²) < 4.78 is 18.8. The highest BCUT2D eigenvalue weighted by atomic mass is 35.5. The Labute approximate surface area is 210 Å². The average Bonchev–Trinajstić information content (AvgIpc) is 3.34. The van der Waals surface area contributed by atoms with Crippen molar-refractivity contribution in [2.45, 2.75) is 25.7 Å². The molecule has 1 aliphatic rings. The van der Waals surface area contributed by atoms with Crippen molar-refractivity contribution in [3.8, 4) is 11.4 Å². The summed E-state index contributed by atoms with van der Waals surface area (Å²) in [6.45, 7) is 2.85. The molecular formula is C24H22ClFN8O2. The zero-order chi connectivity index (χ0) is 25.1. The standard InChI is InChI=1S/C24H22ClFN8O2/c1-14(35)29-17-3-2-4-18(12-17)30-23-27-13-28-24(32-23)34-9-7-15(8-10-34)22-31-21(33-36-22)19-6-5-16(26)11-20(19)25/h2-6,11-13,15H,7-10H2,1H3,(H,29,35)(H,27,28,30,32). The molecule has 36 heavy (non-hydrogen) atoms. The maximum absolute atomic E-state index is 13.3. The summed E-state index contributed by atoms with van der Waals surface area (Å²) in [6.07, 6.45) is 3.00. The van der Waals surface area contributed by atoms with Crippen LogP contribution >= 0.6 is 11.6 Å². The lowest BCUT2D eigenvalue weighted by atomic mass is 9.97. The van der Waals surface area contributed by atoms with Crippen molar-refractivity contribution >= 4 is 40.8 Å². The Morgan fingerprint density at radius 1 is 1.11 bits per heavy atom. The van der Waals surface area contributed by atoms with E-state index in [4.69, 9.17) is 16.1 Å². The van der Waals surface area contributed by atoms with E-state index >= 15 is 0 Å². The highest BCUT2D eigenvalue weighted by molar-refractivity contribution is 6.33. The number of nitrogens with one attached hydrogen (secondary N) is 2. The number of carbonyl (C=O) groups excluding carboxylic acids is 1. The number of amides is 1. The summed E-state index contributed by atoms with van der Waals surface area (Å²) in [5.41, 5.74) is 1.94. The number of rotatable bonds is 6. The zero-order valence-electron chi connectivity index (χ0n) is 19.3. The molecule has 184 valence electrons. The average molecular weight is 509 g/mol. The van der Waals surface area contributed by atoms with Gasteiger partial charge < -0.3 is 20.1 Å². The monoisotopic (exact) mass is 508 g/mol. The van der Waals surface area contributed by atoms with Crippen LogP contribution < -0.4 is 15.5 Å². The molecule has 5 rings (SSSR count). The van der Waals surface area contributed by atoms with Crippen molar-refractivity contribution in [3.63, 3.8) is 0 Å². The van der Waals surface area contributed by atoms with Gasteiger partial charge in [0.05, 0.1) is 5.02 Å². The van der Waals surface area contributed by atoms with Gasteiger partial charge in [-0.25, -0.2) is 14.4 Å². The fraction of sp³-hybridized carbons (Fsp3) is 0.250. The number of nitrogens with zero attached hydrogens (tertiary/aromatic N) is 6. The lowest BCUT2D eigenvalue weighted by Gasteiger charge is -2.30. The van der Waals surface area contributed by atoms with Crippen LogP contribution in [-0.4, -0.2) is 44.1 Å². The minimum atomic E-state index is -0.421. The molecule has 2 N–H and O–H groups in total. The van der Waals surface area contributed by atoms with Gasteiger partial charge in [0.2, 0.25) is 29.5 Å². The third-order valence-corrected chi connectivity index (χ3v) is 6.05. The molecule has 1 fully saturated rings. The minimum Gasteiger partial charge on any atom is -0.341 e. The molecule has 1 amide bonds. The van der Waals surface area contributed by atoms with Crippen molar-refractivity contribution in [2.75, 3.05) is 28.6 Å². The Balaban J connectivity index is 1.22. The maximum Gasteiger partial charge on any atom is 0.231 e. The molecule has 4 aromatic rings. The highest BCUT2D eigenvalue weighted by Gasteiger charge is 2.27. The summed E-state index contributed by atoms with van der Waals surface area (Å²) in [7, 11) is 0. The number of aromatic nitrogens is 5. The first-order chi connectivity index (χ1) is 17.4. The molecule has 2 aromatic heterocycles. The third kappa shape index (κ3) is 5.41. The van der Waals surface area contributed by atoms with E-state index in [2.05, 4.69) is 40.6 Å². The first kappa shape index (κ1) is 23.6. The van der Waals surface area contributed by atoms with E-state index in [1.54, 1.807) is 12.1 Å². The summed E-state index contributed by atoms with van der Waals surface area (Å²) in [6, 6.07) is 11.4. The topological polar surface area (TPSA) is 122 Å². The molecule has 12 heteroatoms. The first-order valence-electron chi connectivity index (χ1n) is 11.3. The van der Waals surface area contributed by atoms with Crippen molar-refractivity contribution in [2.24, 2.45) is 0 Å². The summed E-state index contributed by atoms with van der Waals surface area (Å²) in [5.74, 6) is 1.35. The number of benzene rings is 2. The molecule has 0 radical (unpaired) electrons. The van der Waals surface area contributed by atoms with Gasteiger partial charge >= 0.3 is 0 Å². The van der Waals surface area contributed by atoms with Crippen LogP contribution in [0, 0.1) is 5.82 Å².